The Kier molecular flexibility index (Phi) is 5.52. The van der Waals surface area contributed by atoms with Crippen LogP contribution in [0.1, 0.15) is 28.4 Å². The van der Waals surface area contributed by atoms with Crippen molar-refractivity contribution in [1.82, 2.24) is 5.32 Å². The second kappa shape index (κ2) is 7.59. The lowest BCUT2D eigenvalue weighted by Gasteiger charge is -2.15. The zero-order chi connectivity index (χ0) is 17.7. The van der Waals surface area contributed by atoms with Gasteiger partial charge in [-0.3, -0.25) is 14.9 Å². The fourth-order valence-electron chi connectivity index (χ4n) is 2.21. The van der Waals surface area contributed by atoms with Crippen molar-refractivity contribution in [2.45, 2.75) is 26.8 Å². The summed E-state index contributed by atoms with van der Waals surface area (Å²) in [5.74, 6) is 0.459. The molecule has 2 aromatic carbocycles. The summed E-state index contributed by atoms with van der Waals surface area (Å²) in [6.45, 7) is 5.78. The zero-order valence-corrected chi connectivity index (χ0v) is 13.9. The molecular weight excluding hydrogens is 308 g/mol. The molecule has 0 aliphatic heterocycles. The number of ether oxygens (including phenoxy) is 1. The van der Waals surface area contributed by atoms with E-state index in [4.69, 9.17) is 4.74 Å². The first-order valence-corrected chi connectivity index (χ1v) is 7.62. The van der Waals surface area contributed by atoms with Gasteiger partial charge in [0.15, 0.2) is 0 Å². The molecule has 0 spiro atoms. The first-order valence-electron chi connectivity index (χ1n) is 7.62. The van der Waals surface area contributed by atoms with Crippen LogP contribution in [0, 0.1) is 24.0 Å². The average Bonchev–Trinajstić information content (AvgIpc) is 2.53. The second-order valence-electron chi connectivity index (χ2n) is 5.76. The molecule has 0 aliphatic carbocycles. The smallest absolute Gasteiger partial charge is 0.272 e. The van der Waals surface area contributed by atoms with Crippen LogP contribution in [0.25, 0.3) is 0 Å². The highest BCUT2D eigenvalue weighted by molar-refractivity contribution is 5.94. The fraction of sp³-hybridized carbons (Fsp3) is 0.278. The number of amides is 1. The van der Waals surface area contributed by atoms with Gasteiger partial charge in [-0.1, -0.05) is 17.7 Å². The van der Waals surface area contributed by atoms with E-state index in [2.05, 4.69) is 5.32 Å². The molecular formula is C18H20N2O4. The predicted octanol–water partition coefficient (Wildman–Crippen LogP) is 3.41. The summed E-state index contributed by atoms with van der Waals surface area (Å²) in [7, 11) is 0. The van der Waals surface area contributed by atoms with Gasteiger partial charge in [-0.05, 0) is 45.0 Å². The third kappa shape index (κ3) is 4.55. The van der Waals surface area contributed by atoms with Gasteiger partial charge < -0.3 is 10.1 Å². The highest BCUT2D eigenvalue weighted by atomic mass is 16.6. The van der Waals surface area contributed by atoms with Crippen molar-refractivity contribution >= 4 is 11.6 Å². The van der Waals surface area contributed by atoms with E-state index in [1.807, 2.05) is 38.1 Å². The molecule has 0 fully saturated rings. The van der Waals surface area contributed by atoms with Crippen LogP contribution in [0.15, 0.2) is 42.5 Å². The number of rotatable bonds is 6. The van der Waals surface area contributed by atoms with Gasteiger partial charge in [0, 0.05) is 17.2 Å². The van der Waals surface area contributed by atoms with Crippen LogP contribution in [-0.2, 0) is 0 Å². The number of carbonyl (C=O) groups is 1. The Balaban J connectivity index is 1.92. The SMILES string of the molecule is Cc1ccc(OC[C@@H](C)NC(=O)c2ccc([N+](=O)[O-])c(C)c2)cc1. The van der Waals surface area contributed by atoms with E-state index in [-0.39, 0.29) is 17.6 Å². The van der Waals surface area contributed by atoms with Gasteiger partial charge in [-0.2, -0.15) is 0 Å². The minimum Gasteiger partial charge on any atom is -0.491 e. The average molecular weight is 328 g/mol. The Morgan fingerprint density at radius 2 is 1.88 bits per heavy atom. The number of nitro benzene ring substituents is 1. The van der Waals surface area contributed by atoms with E-state index < -0.39 is 4.92 Å². The Bertz CT molecular complexity index is 741. The third-order valence-electron chi connectivity index (χ3n) is 3.55. The number of nitrogens with zero attached hydrogens (tertiary/aromatic N) is 1. The number of carbonyl (C=O) groups excluding carboxylic acids is 1. The predicted molar refractivity (Wildman–Crippen MR) is 91.4 cm³/mol. The van der Waals surface area contributed by atoms with E-state index in [9.17, 15) is 14.9 Å². The first-order chi connectivity index (χ1) is 11.4. The number of hydrogen-bond donors (Lipinski definition) is 1. The topological polar surface area (TPSA) is 81.5 Å². The minimum absolute atomic E-state index is 0.00213. The molecule has 0 saturated heterocycles. The molecule has 0 radical (unpaired) electrons. The van der Waals surface area contributed by atoms with E-state index in [0.29, 0.717) is 17.7 Å². The van der Waals surface area contributed by atoms with Crippen molar-refractivity contribution < 1.29 is 14.5 Å². The molecule has 0 bridgehead atoms. The summed E-state index contributed by atoms with van der Waals surface area (Å²) in [6.07, 6.45) is 0. The number of aryl methyl sites for hydroxylation is 2. The summed E-state index contributed by atoms with van der Waals surface area (Å²) in [6, 6.07) is 11.8. The molecule has 24 heavy (non-hydrogen) atoms. The highest BCUT2D eigenvalue weighted by Gasteiger charge is 2.15. The zero-order valence-electron chi connectivity index (χ0n) is 13.9. The molecule has 6 nitrogen and oxygen atoms in total. The lowest BCUT2D eigenvalue weighted by molar-refractivity contribution is -0.385. The van der Waals surface area contributed by atoms with Crippen molar-refractivity contribution in [1.29, 1.82) is 0 Å². The number of benzene rings is 2. The van der Waals surface area contributed by atoms with Crippen LogP contribution >= 0.6 is 0 Å². The van der Waals surface area contributed by atoms with E-state index >= 15 is 0 Å². The maximum atomic E-state index is 12.2. The largest absolute Gasteiger partial charge is 0.491 e. The van der Waals surface area contributed by atoms with Crippen LogP contribution in [0.3, 0.4) is 0 Å². The standard InChI is InChI=1S/C18H20N2O4/c1-12-4-7-16(8-5-12)24-11-14(3)19-18(21)15-6-9-17(20(22)23)13(2)10-15/h4-10,14H,11H2,1-3H3,(H,19,21)/t14-/m1/s1. The third-order valence-corrected chi connectivity index (χ3v) is 3.55. The van der Waals surface area contributed by atoms with Crippen LogP contribution in [0.5, 0.6) is 5.75 Å². The first kappa shape index (κ1) is 17.5. The van der Waals surface area contributed by atoms with Gasteiger partial charge in [-0.15, -0.1) is 0 Å². The van der Waals surface area contributed by atoms with Crippen LogP contribution < -0.4 is 10.1 Å². The second-order valence-corrected chi connectivity index (χ2v) is 5.76. The van der Waals surface area contributed by atoms with Crippen molar-refractivity contribution in [2.24, 2.45) is 0 Å². The quantitative estimate of drug-likeness (QED) is 0.651. The van der Waals surface area contributed by atoms with Crippen molar-refractivity contribution in [3.8, 4) is 5.75 Å². The highest BCUT2D eigenvalue weighted by Crippen LogP contribution is 2.18. The van der Waals surface area contributed by atoms with Crippen molar-refractivity contribution in [2.75, 3.05) is 6.61 Å². The molecule has 0 heterocycles. The Hall–Kier alpha value is -2.89. The van der Waals surface area contributed by atoms with Crippen molar-refractivity contribution in [3.63, 3.8) is 0 Å². The van der Waals surface area contributed by atoms with E-state index in [1.54, 1.807) is 6.92 Å². The number of nitro groups is 1. The van der Waals surface area contributed by atoms with Crippen LogP contribution in [-0.4, -0.2) is 23.5 Å². The lowest BCUT2D eigenvalue weighted by Crippen LogP contribution is -2.36. The molecule has 2 aromatic rings. The number of nitrogens with one attached hydrogen (secondary N) is 1. The monoisotopic (exact) mass is 328 g/mol. The molecule has 2 rings (SSSR count). The van der Waals surface area contributed by atoms with Gasteiger partial charge in [0.05, 0.1) is 11.0 Å². The summed E-state index contributed by atoms with van der Waals surface area (Å²) >= 11 is 0. The van der Waals surface area contributed by atoms with Gasteiger partial charge in [0.2, 0.25) is 0 Å². The summed E-state index contributed by atoms with van der Waals surface area (Å²) in [5.41, 5.74) is 2.00. The summed E-state index contributed by atoms with van der Waals surface area (Å²) in [5, 5.41) is 13.6. The van der Waals surface area contributed by atoms with Gasteiger partial charge in [0.1, 0.15) is 12.4 Å². The Labute approximate surface area is 140 Å². The minimum atomic E-state index is -0.463. The molecule has 0 aliphatic rings. The summed E-state index contributed by atoms with van der Waals surface area (Å²) in [4.78, 5) is 22.6. The van der Waals surface area contributed by atoms with Gasteiger partial charge in [-0.25, -0.2) is 0 Å². The van der Waals surface area contributed by atoms with Crippen LogP contribution in [0.4, 0.5) is 5.69 Å². The number of hydrogen-bond acceptors (Lipinski definition) is 4. The van der Waals surface area contributed by atoms with E-state index in [1.165, 1.54) is 18.2 Å². The van der Waals surface area contributed by atoms with Gasteiger partial charge >= 0.3 is 0 Å². The molecule has 6 heteroatoms. The summed E-state index contributed by atoms with van der Waals surface area (Å²) < 4.78 is 5.63. The molecule has 1 N–H and O–H groups in total. The molecule has 1 atom stereocenters. The molecule has 0 saturated carbocycles. The van der Waals surface area contributed by atoms with Crippen LogP contribution in [0.2, 0.25) is 0 Å². The fourth-order valence-corrected chi connectivity index (χ4v) is 2.21. The van der Waals surface area contributed by atoms with Crippen molar-refractivity contribution in [3.05, 3.63) is 69.3 Å². The molecule has 126 valence electrons. The Morgan fingerprint density at radius 3 is 2.46 bits per heavy atom. The lowest BCUT2D eigenvalue weighted by atomic mass is 10.1. The maximum Gasteiger partial charge on any atom is 0.272 e. The maximum absolute atomic E-state index is 12.2. The molecule has 0 aromatic heterocycles. The van der Waals surface area contributed by atoms with E-state index in [0.717, 1.165) is 11.3 Å². The normalized spacial score (nSPS) is 11.6. The van der Waals surface area contributed by atoms with Gasteiger partial charge in [0.25, 0.3) is 11.6 Å². The molecule has 1 amide bonds. The molecule has 0 unspecified atom stereocenters. The Morgan fingerprint density at radius 1 is 1.21 bits per heavy atom.